The van der Waals surface area contributed by atoms with Crippen LogP contribution >= 0.6 is 0 Å². The lowest BCUT2D eigenvalue weighted by Gasteiger charge is -2.24. The van der Waals surface area contributed by atoms with E-state index in [0.717, 1.165) is 12.8 Å². The molecule has 2 atom stereocenters. The molecule has 0 heterocycles. The number of aliphatic carboxylic acids is 1. The maximum Gasteiger partial charge on any atom is 0.308 e. The van der Waals surface area contributed by atoms with Gasteiger partial charge in [0.15, 0.2) is 0 Å². The highest BCUT2D eigenvalue weighted by Gasteiger charge is 2.23. The molecule has 2 N–H and O–H groups in total. The summed E-state index contributed by atoms with van der Waals surface area (Å²) in [6.07, 6.45) is 6.81. The summed E-state index contributed by atoms with van der Waals surface area (Å²) in [7, 11) is 0. The molecular formula is C24H31NO5. The largest absolute Gasteiger partial charge is 0.481 e. The van der Waals surface area contributed by atoms with E-state index in [9.17, 15) is 14.4 Å². The Labute approximate surface area is 178 Å². The summed E-state index contributed by atoms with van der Waals surface area (Å²) in [6.45, 7) is 3.87. The molecule has 1 aliphatic rings. The van der Waals surface area contributed by atoms with Crippen LogP contribution in [0.3, 0.4) is 0 Å². The van der Waals surface area contributed by atoms with Crippen LogP contribution in [0.1, 0.15) is 57.9 Å². The Kier molecular flexibility index (Phi) is 9.32. The van der Waals surface area contributed by atoms with Crippen molar-refractivity contribution in [2.45, 2.75) is 58.4 Å². The van der Waals surface area contributed by atoms with E-state index in [1.165, 1.54) is 16.7 Å². The highest BCUT2D eigenvalue weighted by atomic mass is 16.5. The molecule has 0 saturated carbocycles. The second kappa shape index (κ2) is 12.0. The van der Waals surface area contributed by atoms with Gasteiger partial charge < -0.3 is 15.2 Å². The molecule has 162 valence electrons. The number of carbonyl (C=O) groups excluding carboxylic acids is 2. The number of rotatable bonds is 11. The van der Waals surface area contributed by atoms with Crippen LogP contribution in [-0.4, -0.2) is 35.6 Å². The Morgan fingerprint density at radius 3 is 2.43 bits per heavy atom. The highest BCUT2D eigenvalue weighted by molar-refractivity contribution is 5.81. The van der Waals surface area contributed by atoms with Crippen molar-refractivity contribution in [1.82, 2.24) is 5.32 Å². The lowest BCUT2D eigenvalue weighted by atomic mass is 9.88. The smallest absolute Gasteiger partial charge is 0.308 e. The predicted molar refractivity (Wildman–Crippen MR) is 116 cm³/mol. The number of carboxylic acid groups (broad SMARTS) is 1. The number of hydrogen-bond donors (Lipinski definition) is 2. The molecule has 1 aromatic rings. The third kappa shape index (κ3) is 7.85. The molecule has 6 nitrogen and oxygen atoms in total. The first-order valence-electron chi connectivity index (χ1n) is 10.5. The van der Waals surface area contributed by atoms with Gasteiger partial charge in [0, 0.05) is 12.5 Å². The summed E-state index contributed by atoms with van der Waals surface area (Å²) >= 11 is 0. The van der Waals surface area contributed by atoms with E-state index in [4.69, 9.17) is 9.84 Å². The first kappa shape index (κ1) is 23.4. The molecule has 1 amide bonds. The molecule has 0 bridgehead atoms. The fourth-order valence-corrected chi connectivity index (χ4v) is 3.58. The predicted octanol–water partition coefficient (Wildman–Crippen LogP) is 4.12. The van der Waals surface area contributed by atoms with Crippen LogP contribution in [0.15, 0.2) is 48.1 Å². The van der Waals surface area contributed by atoms with Crippen LogP contribution in [0.4, 0.5) is 0 Å². The van der Waals surface area contributed by atoms with Crippen molar-refractivity contribution in [3.8, 4) is 0 Å². The summed E-state index contributed by atoms with van der Waals surface area (Å²) in [5.74, 6) is -1.95. The molecule has 0 saturated heterocycles. The maximum absolute atomic E-state index is 12.2. The normalized spacial score (nSPS) is 15.4. The molecule has 1 aliphatic carbocycles. The van der Waals surface area contributed by atoms with Crippen molar-refractivity contribution in [2.75, 3.05) is 6.61 Å². The van der Waals surface area contributed by atoms with Crippen LogP contribution in [-0.2, 0) is 19.1 Å². The molecule has 1 aromatic carbocycles. The third-order valence-corrected chi connectivity index (χ3v) is 5.15. The lowest BCUT2D eigenvalue weighted by Crippen LogP contribution is -2.38. The zero-order valence-corrected chi connectivity index (χ0v) is 17.7. The number of ether oxygens (including phenoxy) is 1. The van der Waals surface area contributed by atoms with E-state index >= 15 is 0 Å². The zero-order chi connectivity index (χ0) is 21.9. The minimum atomic E-state index is -1.00. The van der Waals surface area contributed by atoms with Crippen LogP contribution in [0.2, 0.25) is 0 Å². The monoisotopic (exact) mass is 413 g/mol. The van der Waals surface area contributed by atoms with Crippen LogP contribution < -0.4 is 5.32 Å². The molecule has 0 aliphatic heterocycles. The van der Waals surface area contributed by atoms with E-state index in [2.05, 4.69) is 29.6 Å². The lowest BCUT2D eigenvalue weighted by molar-refractivity contribution is -0.148. The van der Waals surface area contributed by atoms with Gasteiger partial charge >= 0.3 is 11.9 Å². The second-order valence-corrected chi connectivity index (χ2v) is 7.63. The Balaban J connectivity index is 2.05. The Bertz CT molecular complexity index is 797. The molecule has 0 aromatic heterocycles. The standard InChI is InChI=1S/C24H31NO5/c1-3-30-24(29)17(2)15-21(25-22(26)13-14-23(27)28)16-18-9-11-20(12-10-18)19-7-5-4-6-8-19/h4-9,11,17,21H,3,10,12-16H2,1-2H3,(H,25,26)(H,27,28)/t17-,21+/m1/s1. The third-order valence-electron chi connectivity index (χ3n) is 5.15. The van der Waals surface area contributed by atoms with Crippen LogP contribution in [0, 0.1) is 5.92 Å². The summed E-state index contributed by atoms with van der Waals surface area (Å²) in [5.41, 5.74) is 3.69. The average Bonchev–Trinajstić information content (AvgIpc) is 2.73. The van der Waals surface area contributed by atoms with Gasteiger partial charge in [0.1, 0.15) is 0 Å². The fourth-order valence-electron chi connectivity index (χ4n) is 3.58. The van der Waals surface area contributed by atoms with Crippen molar-refractivity contribution in [2.24, 2.45) is 5.92 Å². The van der Waals surface area contributed by atoms with Gasteiger partial charge in [0.25, 0.3) is 0 Å². The Morgan fingerprint density at radius 2 is 1.83 bits per heavy atom. The molecule has 30 heavy (non-hydrogen) atoms. The van der Waals surface area contributed by atoms with E-state index in [-0.39, 0.29) is 36.7 Å². The number of allylic oxidation sites excluding steroid dienone is 3. The van der Waals surface area contributed by atoms with Gasteiger partial charge in [0.05, 0.1) is 18.9 Å². The molecule has 6 heteroatoms. The summed E-state index contributed by atoms with van der Waals surface area (Å²) in [6, 6.07) is 9.98. The Hall–Kier alpha value is -2.89. The molecule has 2 rings (SSSR count). The van der Waals surface area contributed by atoms with Crippen molar-refractivity contribution < 1.29 is 24.2 Å². The van der Waals surface area contributed by atoms with Crippen molar-refractivity contribution in [1.29, 1.82) is 0 Å². The Morgan fingerprint density at radius 1 is 1.10 bits per heavy atom. The van der Waals surface area contributed by atoms with Crippen LogP contribution in [0.25, 0.3) is 5.57 Å². The second-order valence-electron chi connectivity index (χ2n) is 7.63. The number of carbonyl (C=O) groups is 3. The molecule has 0 fully saturated rings. The number of carboxylic acids is 1. The molecular weight excluding hydrogens is 382 g/mol. The fraction of sp³-hybridized carbons (Fsp3) is 0.458. The average molecular weight is 414 g/mol. The van der Waals surface area contributed by atoms with Gasteiger partial charge in [-0.1, -0.05) is 55.0 Å². The maximum atomic E-state index is 12.2. The van der Waals surface area contributed by atoms with E-state index in [1.54, 1.807) is 13.8 Å². The van der Waals surface area contributed by atoms with E-state index in [0.29, 0.717) is 19.4 Å². The minimum Gasteiger partial charge on any atom is -0.481 e. The highest BCUT2D eigenvalue weighted by Crippen LogP contribution is 2.29. The molecule has 0 unspecified atom stereocenters. The summed E-state index contributed by atoms with van der Waals surface area (Å²) < 4.78 is 5.09. The molecule has 0 radical (unpaired) electrons. The number of amides is 1. The van der Waals surface area contributed by atoms with Crippen LogP contribution in [0.5, 0.6) is 0 Å². The number of benzene rings is 1. The van der Waals surface area contributed by atoms with Gasteiger partial charge in [-0.3, -0.25) is 14.4 Å². The van der Waals surface area contributed by atoms with Gasteiger partial charge in [-0.25, -0.2) is 0 Å². The van der Waals surface area contributed by atoms with Gasteiger partial charge in [-0.15, -0.1) is 0 Å². The van der Waals surface area contributed by atoms with Crippen molar-refractivity contribution in [3.05, 3.63) is 53.6 Å². The quantitative estimate of drug-likeness (QED) is 0.533. The number of hydrogen-bond acceptors (Lipinski definition) is 4. The first-order valence-corrected chi connectivity index (χ1v) is 10.5. The van der Waals surface area contributed by atoms with Gasteiger partial charge in [-0.2, -0.15) is 0 Å². The van der Waals surface area contributed by atoms with Crippen molar-refractivity contribution in [3.63, 3.8) is 0 Å². The van der Waals surface area contributed by atoms with E-state index < -0.39 is 5.97 Å². The first-order chi connectivity index (χ1) is 14.4. The van der Waals surface area contributed by atoms with Gasteiger partial charge in [0.2, 0.25) is 5.91 Å². The SMILES string of the molecule is CCOC(=O)[C@H](C)C[C@@H](CC1=CC=C(c2ccccc2)CC1)NC(=O)CCC(=O)O. The minimum absolute atomic E-state index is 0.0727. The topological polar surface area (TPSA) is 92.7 Å². The number of esters is 1. The van der Waals surface area contributed by atoms with E-state index in [1.807, 2.05) is 18.2 Å². The van der Waals surface area contributed by atoms with Crippen molar-refractivity contribution >= 4 is 23.4 Å². The molecule has 0 spiro atoms. The summed E-state index contributed by atoms with van der Waals surface area (Å²) in [5, 5.41) is 11.7. The zero-order valence-electron chi connectivity index (χ0n) is 17.7. The number of nitrogens with one attached hydrogen (secondary N) is 1. The summed E-state index contributed by atoms with van der Waals surface area (Å²) in [4.78, 5) is 35.0. The van der Waals surface area contributed by atoms with Gasteiger partial charge in [-0.05, 0) is 43.7 Å².